The molecule has 1 aromatic carbocycles. The third kappa shape index (κ3) is 3.47. The van der Waals surface area contributed by atoms with Gasteiger partial charge in [0.15, 0.2) is 0 Å². The Morgan fingerprint density at radius 2 is 2.10 bits per heavy atom. The maximum Gasteiger partial charge on any atom is 0.0512 e. The van der Waals surface area contributed by atoms with Crippen molar-refractivity contribution in [1.29, 1.82) is 0 Å². The highest BCUT2D eigenvalue weighted by Crippen LogP contribution is 2.25. The van der Waals surface area contributed by atoms with Crippen molar-refractivity contribution < 1.29 is 4.74 Å². The number of nitrogens with zero attached hydrogens (tertiary/aromatic N) is 1. The second-order valence-electron chi connectivity index (χ2n) is 6.09. The first-order chi connectivity index (χ1) is 10.4. The Morgan fingerprint density at radius 1 is 1.24 bits per heavy atom. The van der Waals surface area contributed by atoms with Crippen LogP contribution in [0.1, 0.15) is 24.8 Å². The van der Waals surface area contributed by atoms with Gasteiger partial charge in [-0.2, -0.15) is 0 Å². The van der Waals surface area contributed by atoms with Crippen molar-refractivity contribution in [2.75, 3.05) is 26.8 Å². The lowest BCUT2D eigenvalue weighted by Gasteiger charge is -2.23. The molecule has 114 valence electrons. The Kier molecular flexibility index (Phi) is 4.94. The summed E-state index contributed by atoms with van der Waals surface area (Å²) in [6, 6.07) is 8.97. The van der Waals surface area contributed by atoms with Gasteiger partial charge in [-0.1, -0.05) is 18.2 Å². The fourth-order valence-corrected chi connectivity index (χ4v) is 3.36. The van der Waals surface area contributed by atoms with Crippen molar-refractivity contribution in [1.82, 2.24) is 9.88 Å². The van der Waals surface area contributed by atoms with Crippen LogP contribution in [0.5, 0.6) is 0 Å². The van der Waals surface area contributed by atoms with Gasteiger partial charge in [0.1, 0.15) is 0 Å². The van der Waals surface area contributed by atoms with Crippen LogP contribution in [-0.2, 0) is 17.7 Å². The lowest BCUT2D eigenvalue weighted by Crippen LogP contribution is -2.20. The quantitative estimate of drug-likeness (QED) is 0.825. The molecule has 1 aliphatic heterocycles. The van der Waals surface area contributed by atoms with E-state index >= 15 is 0 Å². The average molecular weight is 286 g/mol. The van der Waals surface area contributed by atoms with Crippen molar-refractivity contribution in [3.05, 3.63) is 36.0 Å². The SMILES string of the molecule is CNCCCc1cccc2ccn(CC3CCOCC3)c12. The van der Waals surface area contributed by atoms with Gasteiger partial charge in [0.05, 0.1) is 5.52 Å². The van der Waals surface area contributed by atoms with E-state index in [1.54, 1.807) is 0 Å². The van der Waals surface area contributed by atoms with Gasteiger partial charge in [0.25, 0.3) is 0 Å². The van der Waals surface area contributed by atoms with Gasteiger partial charge in [-0.05, 0) is 62.2 Å². The molecule has 0 bridgehead atoms. The zero-order chi connectivity index (χ0) is 14.5. The average Bonchev–Trinajstić information content (AvgIpc) is 2.93. The number of hydrogen-bond acceptors (Lipinski definition) is 2. The molecule has 2 aromatic rings. The number of ether oxygens (including phenoxy) is 1. The maximum absolute atomic E-state index is 5.48. The lowest BCUT2D eigenvalue weighted by atomic mass is 10.00. The summed E-state index contributed by atoms with van der Waals surface area (Å²) in [5.41, 5.74) is 2.93. The second kappa shape index (κ2) is 7.10. The van der Waals surface area contributed by atoms with Crippen LogP contribution in [0.25, 0.3) is 10.9 Å². The fraction of sp³-hybridized carbons (Fsp3) is 0.556. The smallest absolute Gasteiger partial charge is 0.0512 e. The van der Waals surface area contributed by atoms with E-state index in [9.17, 15) is 0 Å². The van der Waals surface area contributed by atoms with Crippen molar-refractivity contribution in [2.45, 2.75) is 32.2 Å². The molecule has 1 fully saturated rings. The predicted octanol–water partition coefficient (Wildman–Crippen LogP) is 3.22. The number of fused-ring (bicyclic) bond motifs is 1. The van der Waals surface area contributed by atoms with E-state index in [0.717, 1.165) is 38.6 Å². The molecule has 0 saturated carbocycles. The Bertz CT molecular complexity index is 570. The van der Waals surface area contributed by atoms with Crippen molar-refractivity contribution in [3.63, 3.8) is 0 Å². The van der Waals surface area contributed by atoms with E-state index in [-0.39, 0.29) is 0 Å². The van der Waals surface area contributed by atoms with Crippen LogP contribution in [-0.4, -0.2) is 31.4 Å². The van der Waals surface area contributed by atoms with Crippen LogP contribution in [0.15, 0.2) is 30.5 Å². The van der Waals surface area contributed by atoms with Crippen LogP contribution in [0.3, 0.4) is 0 Å². The van der Waals surface area contributed by atoms with E-state index in [1.165, 1.54) is 35.7 Å². The number of nitrogens with one attached hydrogen (secondary N) is 1. The third-order valence-electron chi connectivity index (χ3n) is 4.54. The van der Waals surface area contributed by atoms with Gasteiger partial charge in [0, 0.05) is 26.0 Å². The predicted molar refractivity (Wildman–Crippen MR) is 87.7 cm³/mol. The van der Waals surface area contributed by atoms with E-state index in [2.05, 4.69) is 40.3 Å². The van der Waals surface area contributed by atoms with E-state index in [0.29, 0.717) is 0 Å². The molecule has 0 radical (unpaired) electrons. The normalized spacial score (nSPS) is 16.6. The minimum Gasteiger partial charge on any atom is -0.381 e. The van der Waals surface area contributed by atoms with Gasteiger partial charge in [-0.3, -0.25) is 0 Å². The first-order valence-electron chi connectivity index (χ1n) is 8.17. The highest BCUT2D eigenvalue weighted by molar-refractivity contribution is 5.83. The highest BCUT2D eigenvalue weighted by atomic mass is 16.5. The molecule has 2 heterocycles. The van der Waals surface area contributed by atoms with Gasteiger partial charge >= 0.3 is 0 Å². The van der Waals surface area contributed by atoms with Crippen molar-refractivity contribution in [3.8, 4) is 0 Å². The molecule has 1 aromatic heterocycles. The zero-order valence-electron chi connectivity index (χ0n) is 13.0. The van der Waals surface area contributed by atoms with E-state index in [4.69, 9.17) is 4.74 Å². The van der Waals surface area contributed by atoms with Crippen LogP contribution >= 0.6 is 0 Å². The summed E-state index contributed by atoms with van der Waals surface area (Å²) in [4.78, 5) is 0. The summed E-state index contributed by atoms with van der Waals surface area (Å²) >= 11 is 0. The number of hydrogen-bond donors (Lipinski definition) is 1. The lowest BCUT2D eigenvalue weighted by molar-refractivity contribution is 0.0616. The number of aryl methyl sites for hydroxylation is 1. The zero-order valence-corrected chi connectivity index (χ0v) is 13.0. The summed E-state index contributed by atoms with van der Waals surface area (Å²) in [5.74, 6) is 0.764. The summed E-state index contributed by atoms with van der Waals surface area (Å²) in [6.45, 7) is 4.07. The summed E-state index contributed by atoms with van der Waals surface area (Å²) < 4.78 is 7.95. The molecular formula is C18H26N2O. The summed E-state index contributed by atoms with van der Waals surface area (Å²) in [6.07, 6.45) is 7.00. The summed E-state index contributed by atoms with van der Waals surface area (Å²) in [7, 11) is 2.02. The highest BCUT2D eigenvalue weighted by Gasteiger charge is 2.16. The topological polar surface area (TPSA) is 26.2 Å². The minimum absolute atomic E-state index is 0.764. The van der Waals surface area contributed by atoms with E-state index < -0.39 is 0 Å². The maximum atomic E-state index is 5.48. The van der Waals surface area contributed by atoms with Crippen molar-refractivity contribution >= 4 is 10.9 Å². The molecule has 0 atom stereocenters. The fourth-order valence-electron chi connectivity index (χ4n) is 3.36. The van der Waals surface area contributed by atoms with Crippen LogP contribution in [0, 0.1) is 5.92 Å². The summed E-state index contributed by atoms with van der Waals surface area (Å²) in [5, 5.41) is 4.62. The molecule has 3 nitrogen and oxygen atoms in total. The van der Waals surface area contributed by atoms with Crippen LogP contribution in [0.4, 0.5) is 0 Å². The monoisotopic (exact) mass is 286 g/mol. The Morgan fingerprint density at radius 3 is 2.90 bits per heavy atom. The molecule has 3 rings (SSSR count). The number of aromatic nitrogens is 1. The largest absolute Gasteiger partial charge is 0.381 e. The number of rotatable bonds is 6. The molecule has 0 spiro atoms. The third-order valence-corrected chi connectivity index (χ3v) is 4.54. The first kappa shape index (κ1) is 14.6. The Balaban J connectivity index is 1.80. The molecule has 0 unspecified atom stereocenters. The molecule has 1 N–H and O–H groups in total. The van der Waals surface area contributed by atoms with Gasteiger partial charge in [0.2, 0.25) is 0 Å². The molecule has 3 heteroatoms. The molecule has 0 amide bonds. The molecular weight excluding hydrogens is 260 g/mol. The second-order valence-corrected chi connectivity index (χ2v) is 6.09. The van der Waals surface area contributed by atoms with E-state index in [1.807, 2.05) is 7.05 Å². The van der Waals surface area contributed by atoms with Gasteiger partial charge < -0.3 is 14.6 Å². The van der Waals surface area contributed by atoms with Gasteiger partial charge in [-0.15, -0.1) is 0 Å². The Hall–Kier alpha value is -1.32. The van der Waals surface area contributed by atoms with Crippen LogP contribution in [0.2, 0.25) is 0 Å². The number of benzene rings is 1. The Labute approximate surface area is 127 Å². The van der Waals surface area contributed by atoms with Crippen molar-refractivity contribution in [2.24, 2.45) is 5.92 Å². The number of para-hydroxylation sites is 1. The molecule has 1 aliphatic rings. The minimum atomic E-state index is 0.764. The van der Waals surface area contributed by atoms with Gasteiger partial charge in [-0.25, -0.2) is 0 Å². The molecule has 0 aliphatic carbocycles. The molecule has 1 saturated heterocycles. The van der Waals surface area contributed by atoms with Crippen LogP contribution < -0.4 is 5.32 Å². The molecule has 21 heavy (non-hydrogen) atoms. The standard InChI is InChI=1S/C18H26N2O/c1-19-10-3-6-16-4-2-5-17-7-11-20(18(16)17)14-15-8-12-21-13-9-15/h2,4-5,7,11,15,19H,3,6,8-10,12-14H2,1H3. The first-order valence-corrected chi connectivity index (χ1v) is 8.17.